The van der Waals surface area contributed by atoms with Gasteiger partial charge in [0.1, 0.15) is 11.5 Å². The molecule has 4 aromatic rings. The molecule has 7 nitrogen and oxygen atoms in total. The molecule has 5 rings (SSSR count). The predicted octanol–water partition coefficient (Wildman–Crippen LogP) is 6.03. The number of halogens is 3. The van der Waals surface area contributed by atoms with Crippen LogP contribution in [0.15, 0.2) is 65.7 Å². The molecule has 0 fully saturated rings. The van der Waals surface area contributed by atoms with E-state index in [1.807, 2.05) is 19.1 Å². The van der Waals surface area contributed by atoms with Gasteiger partial charge in [0.25, 0.3) is 10.1 Å². The normalized spacial score (nSPS) is 13.6. The zero-order valence-electron chi connectivity index (χ0n) is 20.4. The maximum absolute atomic E-state index is 13.1. The van der Waals surface area contributed by atoms with E-state index in [9.17, 15) is 21.6 Å². The lowest BCUT2D eigenvalue weighted by Gasteiger charge is -2.11. The highest BCUT2D eigenvalue weighted by Crippen LogP contribution is 2.33. The van der Waals surface area contributed by atoms with Crippen LogP contribution in [0.3, 0.4) is 0 Å². The number of imidazole rings is 1. The lowest BCUT2D eigenvalue weighted by atomic mass is 10.1. The fourth-order valence-electron chi connectivity index (χ4n) is 4.10. The van der Waals surface area contributed by atoms with Crippen LogP contribution in [0.4, 0.5) is 13.2 Å². The minimum absolute atomic E-state index is 0.0666. The SMILES string of the molecule is CCn1nc(-c2ccc(-c3cn4c(n3)CCCC4)cc2)cc1C(F)(F)F.Cc1ccc(S(=O)(=O)O)cc1. The number of aryl methyl sites for hydroxylation is 4. The molecular formula is C26H27F3N4O3S. The number of benzene rings is 2. The molecule has 0 radical (unpaired) electrons. The minimum atomic E-state index is -4.41. The van der Waals surface area contributed by atoms with Crippen LogP contribution in [0.5, 0.6) is 0 Å². The minimum Gasteiger partial charge on any atom is -0.334 e. The molecule has 1 N–H and O–H groups in total. The molecule has 2 aromatic heterocycles. The zero-order valence-corrected chi connectivity index (χ0v) is 21.2. The van der Waals surface area contributed by atoms with Crippen LogP contribution in [0.2, 0.25) is 0 Å². The number of hydrogen-bond acceptors (Lipinski definition) is 4. The highest BCUT2D eigenvalue weighted by molar-refractivity contribution is 7.85. The van der Waals surface area contributed by atoms with Gasteiger partial charge in [-0.2, -0.15) is 26.7 Å². The Balaban J connectivity index is 0.000000245. The van der Waals surface area contributed by atoms with E-state index in [1.165, 1.54) is 18.6 Å². The van der Waals surface area contributed by atoms with Gasteiger partial charge in [0.15, 0.2) is 0 Å². The predicted molar refractivity (Wildman–Crippen MR) is 133 cm³/mol. The summed E-state index contributed by atoms with van der Waals surface area (Å²) in [6, 6.07) is 14.5. The van der Waals surface area contributed by atoms with E-state index in [-0.39, 0.29) is 11.4 Å². The van der Waals surface area contributed by atoms with Crippen LogP contribution in [0, 0.1) is 6.92 Å². The van der Waals surface area contributed by atoms with E-state index >= 15 is 0 Å². The highest BCUT2D eigenvalue weighted by atomic mass is 32.2. The summed E-state index contributed by atoms with van der Waals surface area (Å²) in [5, 5.41) is 4.10. The lowest BCUT2D eigenvalue weighted by Crippen LogP contribution is -2.13. The molecular weight excluding hydrogens is 505 g/mol. The molecule has 0 atom stereocenters. The van der Waals surface area contributed by atoms with Crippen molar-refractivity contribution in [3.05, 3.63) is 77.9 Å². The van der Waals surface area contributed by atoms with Gasteiger partial charge in [-0.25, -0.2) is 4.98 Å². The first kappa shape index (κ1) is 26.6. The second kappa shape index (κ2) is 10.5. The quantitative estimate of drug-likeness (QED) is 0.324. The van der Waals surface area contributed by atoms with Gasteiger partial charge in [0.05, 0.1) is 16.3 Å². The third-order valence-electron chi connectivity index (χ3n) is 6.07. The highest BCUT2D eigenvalue weighted by Gasteiger charge is 2.35. The van der Waals surface area contributed by atoms with E-state index in [1.54, 1.807) is 31.2 Å². The van der Waals surface area contributed by atoms with E-state index in [4.69, 9.17) is 4.55 Å². The van der Waals surface area contributed by atoms with Crippen molar-refractivity contribution < 1.29 is 26.1 Å². The van der Waals surface area contributed by atoms with Gasteiger partial charge < -0.3 is 4.57 Å². The molecule has 196 valence electrons. The third kappa shape index (κ3) is 6.28. The Hall–Kier alpha value is -3.44. The second-order valence-corrected chi connectivity index (χ2v) is 10.2. The monoisotopic (exact) mass is 532 g/mol. The van der Waals surface area contributed by atoms with Crippen LogP contribution >= 0.6 is 0 Å². The number of nitrogens with zero attached hydrogens (tertiary/aromatic N) is 4. The van der Waals surface area contributed by atoms with E-state index in [2.05, 4.69) is 20.8 Å². The number of rotatable bonds is 4. The first-order valence-corrected chi connectivity index (χ1v) is 13.3. The molecule has 0 spiro atoms. The molecule has 1 aliphatic rings. The molecule has 0 saturated heterocycles. The summed E-state index contributed by atoms with van der Waals surface area (Å²) >= 11 is 0. The first-order valence-electron chi connectivity index (χ1n) is 11.8. The van der Waals surface area contributed by atoms with Gasteiger partial charge in [-0.1, -0.05) is 42.0 Å². The Labute approximate surface area is 213 Å². The maximum atomic E-state index is 13.1. The maximum Gasteiger partial charge on any atom is 0.433 e. The molecule has 0 aliphatic carbocycles. The van der Waals surface area contributed by atoms with Gasteiger partial charge in [-0.3, -0.25) is 9.23 Å². The number of fused-ring (bicyclic) bond motifs is 1. The van der Waals surface area contributed by atoms with Gasteiger partial charge in [-0.05, 0) is 44.9 Å². The molecule has 0 bridgehead atoms. The average Bonchev–Trinajstić information content (AvgIpc) is 3.49. The molecule has 11 heteroatoms. The Kier molecular flexibility index (Phi) is 7.56. The summed E-state index contributed by atoms with van der Waals surface area (Å²) in [6.45, 7) is 4.66. The van der Waals surface area contributed by atoms with E-state index in [0.717, 1.165) is 52.8 Å². The summed E-state index contributed by atoms with van der Waals surface area (Å²) in [5.74, 6) is 1.10. The van der Waals surface area contributed by atoms with Crippen molar-refractivity contribution in [1.29, 1.82) is 0 Å². The van der Waals surface area contributed by atoms with Gasteiger partial charge >= 0.3 is 6.18 Å². The smallest absolute Gasteiger partial charge is 0.334 e. The van der Waals surface area contributed by atoms with Gasteiger partial charge in [0, 0.05) is 36.8 Å². The van der Waals surface area contributed by atoms with Crippen molar-refractivity contribution in [3.8, 4) is 22.5 Å². The first-order chi connectivity index (χ1) is 17.5. The Morgan fingerprint density at radius 3 is 2.11 bits per heavy atom. The van der Waals surface area contributed by atoms with Gasteiger partial charge in [0.2, 0.25) is 0 Å². The summed E-state index contributed by atoms with van der Waals surface area (Å²) in [7, 11) is -4.02. The van der Waals surface area contributed by atoms with Crippen molar-refractivity contribution in [2.24, 2.45) is 0 Å². The molecule has 37 heavy (non-hydrogen) atoms. The van der Waals surface area contributed by atoms with Crippen molar-refractivity contribution in [2.75, 3.05) is 0 Å². The van der Waals surface area contributed by atoms with Gasteiger partial charge in [-0.15, -0.1) is 0 Å². The van der Waals surface area contributed by atoms with Crippen molar-refractivity contribution >= 4 is 10.1 Å². The summed E-state index contributed by atoms with van der Waals surface area (Å²) in [5.41, 5.74) is 3.09. The summed E-state index contributed by atoms with van der Waals surface area (Å²) in [4.78, 5) is 4.62. The molecule has 3 heterocycles. The average molecular weight is 533 g/mol. The van der Waals surface area contributed by atoms with Crippen LogP contribution in [-0.2, 0) is 35.8 Å². The van der Waals surface area contributed by atoms with Crippen molar-refractivity contribution in [1.82, 2.24) is 19.3 Å². The zero-order chi connectivity index (χ0) is 26.8. The molecule has 2 aromatic carbocycles. The van der Waals surface area contributed by atoms with Crippen LogP contribution < -0.4 is 0 Å². The Bertz CT molecular complexity index is 1450. The van der Waals surface area contributed by atoms with E-state index in [0.29, 0.717) is 11.3 Å². The molecule has 0 saturated carbocycles. The topological polar surface area (TPSA) is 90.0 Å². The fourth-order valence-corrected chi connectivity index (χ4v) is 4.58. The van der Waals surface area contributed by atoms with Crippen molar-refractivity contribution in [2.45, 2.75) is 57.3 Å². The summed E-state index contributed by atoms with van der Waals surface area (Å²) < 4.78 is 72.0. The van der Waals surface area contributed by atoms with Crippen molar-refractivity contribution in [3.63, 3.8) is 0 Å². The molecule has 0 amide bonds. The lowest BCUT2D eigenvalue weighted by molar-refractivity contribution is -0.144. The Morgan fingerprint density at radius 2 is 1.59 bits per heavy atom. The molecule has 1 aliphatic heterocycles. The van der Waals surface area contributed by atoms with Crippen LogP contribution in [-0.4, -0.2) is 32.3 Å². The van der Waals surface area contributed by atoms with E-state index < -0.39 is 22.0 Å². The Morgan fingerprint density at radius 1 is 0.973 bits per heavy atom. The second-order valence-electron chi connectivity index (χ2n) is 8.79. The third-order valence-corrected chi connectivity index (χ3v) is 6.94. The fraction of sp³-hybridized carbons (Fsp3) is 0.308. The van der Waals surface area contributed by atoms with Crippen LogP contribution in [0.1, 0.15) is 36.8 Å². The summed E-state index contributed by atoms with van der Waals surface area (Å²) in [6.07, 6.45) is 0.973. The van der Waals surface area contributed by atoms with Crippen LogP contribution in [0.25, 0.3) is 22.5 Å². The standard InChI is InChI=1S/C19H19F3N4.C7H8O3S/c1-2-26-17(19(20,21)22)11-15(24-26)13-6-8-14(9-7-13)16-12-25-10-4-3-5-18(25)23-16;1-6-2-4-7(5-3-6)11(8,9)10/h6-9,11-12H,2-5,10H2,1H3;2-5H,1H3,(H,8,9,10). The molecule has 0 unspecified atom stereocenters. The largest absolute Gasteiger partial charge is 0.433 e. The number of hydrogen-bond donors (Lipinski definition) is 1. The number of alkyl halides is 3. The number of aromatic nitrogens is 4.